The van der Waals surface area contributed by atoms with E-state index in [1.165, 1.54) is 6.08 Å². The van der Waals surface area contributed by atoms with E-state index in [2.05, 4.69) is 4.98 Å². The van der Waals surface area contributed by atoms with Crippen molar-refractivity contribution in [3.63, 3.8) is 0 Å². The van der Waals surface area contributed by atoms with Crippen LogP contribution in [0.3, 0.4) is 0 Å². The van der Waals surface area contributed by atoms with Gasteiger partial charge in [-0.15, -0.1) is 0 Å². The van der Waals surface area contributed by atoms with Crippen molar-refractivity contribution in [2.24, 2.45) is 0 Å². The summed E-state index contributed by atoms with van der Waals surface area (Å²) in [6.45, 7) is 2.16. The molecule has 2 aromatic rings. The zero-order chi connectivity index (χ0) is 14.9. The van der Waals surface area contributed by atoms with Gasteiger partial charge >= 0.3 is 5.97 Å². The molecule has 0 saturated heterocycles. The molecular weight excluding hydrogens is 266 g/mol. The lowest BCUT2D eigenvalue weighted by Crippen LogP contribution is -2.33. The third-order valence-electron chi connectivity index (χ3n) is 4.03. The topological polar surface area (TPSA) is 62.3 Å². The minimum absolute atomic E-state index is 0.339. The van der Waals surface area contributed by atoms with Gasteiger partial charge in [0.05, 0.1) is 6.61 Å². The predicted molar refractivity (Wildman–Crippen MR) is 81.7 cm³/mol. The molecule has 1 aromatic heterocycles. The monoisotopic (exact) mass is 285 g/mol. The minimum atomic E-state index is -0.681. The Morgan fingerprint density at radius 1 is 1.43 bits per heavy atom. The summed E-state index contributed by atoms with van der Waals surface area (Å²) in [6.07, 6.45) is 5.86. The third-order valence-corrected chi connectivity index (χ3v) is 4.03. The SMILES string of the molecule is CCOC(=O)/C=C/c1ccc2cc(C3(O)CCC3)[nH]c2c1. The molecule has 110 valence electrons. The molecule has 1 aliphatic carbocycles. The summed E-state index contributed by atoms with van der Waals surface area (Å²) in [5, 5.41) is 11.4. The number of aromatic amines is 1. The summed E-state index contributed by atoms with van der Waals surface area (Å²) < 4.78 is 4.86. The quantitative estimate of drug-likeness (QED) is 0.670. The van der Waals surface area contributed by atoms with Crippen molar-refractivity contribution in [1.82, 2.24) is 4.98 Å². The molecule has 4 heteroatoms. The van der Waals surface area contributed by atoms with Crippen molar-refractivity contribution in [3.8, 4) is 0 Å². The van der Waals surface area contributed by atoms with E-state index in [9.17, 15) is 9.90 Å². The van der Waals surface area contributed by atoms with E-state index < -0.39 is 5.60 Å². The van der Waals surface area contributed by atoms with Crippen LogP contribution in [0.4, 0.5) is 0 Å². The number of aliphatic hydroxyl groups is 1. The van der Waals surface area contributed by atoms with Crippen molar-refractivity contribution in [2.45, 2.75) is 31.8 Å². The van der Waals surface area contributed by atoms with Crippen LogP contribution >= 0.6 is 0 Å². The second kappa shape index (κ2) is 5.37. The first kappa shape index (κ1) is 13.9. The lowest BCUT2D eigenvalue weighted by Gasteiger charge is -2.35. The van der Waals surface area contributed by atoms with Gasteiger partial charge in [0.1, 0.15) is 5.60 Å². The molecule has 0 amide bonds. The fourth-order valence-electron chi connectivity index (χ4n) is 2.63. The number of carbonyl (C=O) groups is 1. The first-order chi connectivity index (χ1) is 10.1. The van der Waals surface area contributed by atoms with Crippen LogP contribution in [0.25, 0.3) is 17.0 Å². The molecule has 21 heavy (non-hydrogen) atoms. The average Bonchev–Trinajstić information content (AvgIpc) is 2.86. The summed E-state index contributed by atoms with van der Waals surface area (Å²) in [5.41, 5.74) is 2.09. The Labute approximate surface area is 123 Å². The summed E-state index contributed by atoms with van der Waals surface area (Å²) in [4.78, 5) is 14.6. The van der Waals surface area contributed by atoms with E-state index in [0.29, 0.717) is 6.61 Å². The van der Waals surface area contributed by atoms with Crippen LogP contribution in [-0.2, 0) is 15.1 Å². The average molecular weight is 285 g/mol. The summed E-state index contributed by atoms with van der Waals surface area (Å²) in [5.74, 6) is -0.339. The molecule has 0 spiro atoms. The van der Waals surface area contributed by atoms with Crippen molar-refractivity contribution in [2.75, 3.05) is 6.61 Å². The van der Waals surface area contributed by atoms with E-state index in [4.69, 9.17) is 4.74 Å². The van der Waals surface area contributed by atoms with Gasteiger partial charge in [-0.05, 0) is 55.3 Å². The molecule has 0 unspecified atom stereocenters. The van der Waals surface area contributed by atoms with Crippen LogP contribution in [0.15, 0.2) is 30.3 Å². The van der Waals surface area contributed by atoms with Gasteiger partial charge in [0, 0.05) is 17.3 Å². The van der Waals surface area contributed by atoms with Crippen LogP contribution in [0.5, 0.6) is 0 Å². The molecule has 1 heterocycles. The molecule has 0 atom stereocenters. The third kappa shape index (κ3) is 2.72. The van der Waals surface area contributed by atoms with Crippen LogP contribution < -0.4 is 0 Å². The zero-order valence-corrected chi connectivity index (χ0v) is 12.1. The molecule has 1 saturated carbocycles. The summed E-state index contributed by atoms with van der Waals surface area (Å²) in [6, 6.07) is 7.91. The molecular formula is C17H19NO3. The number of fused-ring (bicyclic) bond motifs is 1. The lowest BCUT2D eigenvalue weighted by atomic mass is 9.78. The highest BCUT2D eigenvalue weighted by atomic mass is 16.5. The Bertz CT molecular complexity index is 695. The Morgan fingerprint density at radius 2 is 2.24 bits per heavy atom. The van der Waals surface area contributed by atoms with Gasteiger partial charge in [0.15, 0.2) is 0 Å². The van der Waals surface area contributed by atoms with Crippen molar-refractivity contribution < 1.29 is 14.6 Å². The normalized spacial score (nSPS) is 17.0. The molecule has 0 bridgehead atoms. The molecule has 2 N–H and O–H groups in total. The number of aromatic nitrogens is 1. The molecule has 0 aliphatic heterocycles. The van der Waals surface area contributed by atoms with Gasteiger partial charge in [-0.3, -0.25) is 0 Å². The highest BCUT2D eigenvalue weighted by Crippen LogP contribution is 2.41. The zero-order valence-electron chi connectivity index (χ0n) is 12.1. The van der Waals surface area contributed by atoms with Gasteiger partial charge in [0.2, 0.25) is 0 Å². The first-order valence-electron chi connectivity index (χ1n) is 7.31. The maximum atomic E-state index is 11.3. The lowest BCUT2D eigenvalue weighted by molar-refractivity contribution is -0.137. The Hall–Kier alpha value is -2.07. The van der Waals surface area contributed by atoms with Crippen LogP contribution in [0, 0.1) is 0 Å². The second-order valence-corrected chi connectivity index (χ2v) is 5.50. The number of H-pyrrole nitrogens is 1. The standard InChI is InChI=1S/C17H19NO3/c1-2-21-16(19)7-5-12-4-6-13-11-15(18-14(13)10-12)17(20)8-3-9-17/h4-7,10-11,18,20H,2-3,8-9H2,1H3/b7-5+. The number of carbonyl (C=O) groups excluding carboxylic acids is 1. The molecule has 4 nitrogen and oxygen atoms in total. The van der Waals surface area contributed by atoms with Gasteiger partial charge in [-0.25, -0.2) is 4.79 Å². The number of ether oxygens (including phenoxy) is 1. The Balaban J connectivity index is 1.85. The number of rotatable bonds is 4. The maximum Gasteiger partial charge on any atom is 0.330 e. The Kier molecular flexibility index (Phi) is 3.55. The van der Waals surface area contributed by atoms with E-state index in [1.807, 2.05) is 24.3 Å². The number of benzene rings is 1. The fraction of sp³-hybridized carbons (Fsp3) is 0.353. The van der Waals surface area contributed by atoms with Crippen molar-refractivity contribution in [1.29, 1.82) is 0 Å². The smallest absolute Gasteiger partial charge is 0.330 e. The molecule has 3 rings (SSSR count). The minimum Gasteiger partial charge on any atom is -0.463 e. The number of nitrogens with one attached hydrogen (secondary N) is 1. The fourth-order valence-corrected chi connectivity index (χ4v) is 2.63. The van der Waals surface area contributed by atoms with Crippen molar-refractivity contribution >= 4 is 22.9 Å². The number of hydrogen-bond donors (Lipinski definition) is 2. The highest BCUT2D eigenvalue weighted by Gasteiger charge is 2.37. The number of hydrogen-bond acceptors (Lipinski definition) is 3. The molecule has 1 aliphatic rings. The predicted octanol–water partition coefficient (Wildman–Crippen LogP) is 3.12. The number of esters is 1. The van der Waals surface area contributed by atoms with E-state index in [0.717, 1.165) is 41.4 Å². The first-order valence-corrected chi connectivity index (χ1v) is 7.31. The van der Waals surface area contributed by atoms with Gasteiger partial charge in [0.25, 0.3) is 0 Å². The van der Waals surface area contributed by atoms with Crippen LogP contribution in [0.2, 0.25) is 0 Å². The highest BCUT2D eigenvalue weighted by molar-refractivity contribution is 5.89. The summed E-state index contributed by atoms with van der Waals surface area (Å²) >= 11 is 0. The second-order valence-electron chi connectivity index (χ2n) is 5.50. The maximum absolute atomic E-state index is 11.3. The van der Waals surface area contributed by atoms with E-state index >= 15 is 0 Å². The molecule has 1 fully saturated rings. The van der Waals surface area contributed by atoms with Crippen molar-refractivity contribution in [3.05, 3.63) is 41.6 Å². The molecule has 1 aromatic carbocycles. The largest absolute Gasteiger partial charge is 0.463 e. The van der Waals surface area contributed by atoms with E-state index in [-0.39, 0.29) is 5.97 Å². The van der Waals surface area contributed by atoms with Crippen LogP contribution in [0.1, 0.15) is 37.4 Å². The van der Waals surface area contributed by atoms with Gasteiger partial charge in [-0.2, -0.15) is 0 Å². The molecule has 0 radical (unpaired) electrons. The summed E-state index contributed by atoms with van der Waals surface area (Å²) in [7, 11) is 0. The van der Waals surface area contributed by atoms with Gasteiger partial charge < -0.3 is 14.8 Å². The van der Waals surface area contributed by atoms with Crippen LogP contribution in [-0.4, -0.2) is 22.7 Å². The Morgan fingerprint density at radius 3 is 2.90 bits per heavy atom. The van der Waals surface area contributed by atoms with Gasteiger partial charge in [-0.1, -0.05) is 12.1 Å². The van der Waals surface area contributed by atoms with E-state index in [1.54, 1.807) is 13.0 Å².